The first kappa shape index (κ1) is 15.5. The highest BCUT2D eigenvalue weighted by Crippen LogP contribution is 2.22. The highest BCUT2D eigenvalue weighted by atomic mass is 16.1. The molecule has 2 heteroatoms. The zero-order valence-corrected chi connectivity index (χ0v) is 11.6. The van der Waals surface area contributed by atoms with Crippen LogP contribution in [0.2, 0.25) is 0 Å². The number of amides is 1. The number of carbonyl (C=O) groups excluding carboxylic acids is 1. The van der Waals surface area contributed by atoms with Gasteiger partial charge in [0.2, 0.25) is 5.91 Å². The predicted octanol–water partition coefficient (Wildman–Crippen LogP) is 3.90. The van der Waals surface area contributed by atoms with Crippen LogP contribution in [0.25, 0.3) is 0 Å². The molecule has 0 aromatic rings. The smallest absolute Gasteiger partial charge is 0.219 e. The van der Waals surface area contributed by atoms with E-state index in [-0.39, 0.29) is 5.91 Å². The molecule has 1 amide bonds. The van der Waals surface area contributed by atoms with Crippen LogP contribution >= 0.6 is 0 Å². The van der Waals surface area contributed by atoms with Crippen molar-refractivity contribution in [1.29, 1.82) is 0 Å². The molecule has 0 bridgehead atoms. The molecular weight excluding hydrogens is 198 g/mol. The van der Waals surface area contributed by atoms with E-state index in [0.29, 0.717) is 11.8 Å². The lowest BCUT2D eigenvalue weighted by Gasteiger charge is -2.17. The SMILES string of the molecule is CCNC(=O)CCCCCCCC(C)(C)C. The fraction of sp³-hybridized carbons (Fsp3) is 0.929. The van der Waals surface area contributed by atoms with E-state index in [9.17, 15) is 4.79 Å². The molecular formula is C14H29NO. The van der Waals surface area contributed by atoms with E-state index < -0.39 is 0 Å². The Morgan fingerprint density at radius 3 is 2.12 bits per heavy atom. The molecule has 2 nitrogen and oxygen atoms in total. The molecule has 0 unspecified atom stereocenters. The van der Waals surface area contributed by atoms with Crippen LogP contribution in [-0.4, -0.2) is 12.5 Å². The minimum atomic E-state index is 0.206. The Morgan fingerprint density at radius 2 is 1.56 bits per heavy atom. The number of carbonyl (C=O) groups is 1. The Hall–Kier alpha value is -0.530. The summed E-state index contributed by atoms with van der Waals surface area (Å²) in [6.07, 6.45) is 8.16. The van der Waals surface area contributed by atoms with E-state index >= 15 is 0 Å². The predicted molar refractivity (Wildman–Crippen MR) is 70.5 cm³/mol. The number of hydrogen-bond donors (Lipinski definition) is 1. The fourth-order valence-corrected chi connectivity index (χ4v) is 1.76. The van der Waals surface area contributed by atoms with Gasteiger partial charge in [-0.15, -0.1) is 0 Å². The second-order valence-corrected chi connectivity index (χ2v) is 5.78. The van der Waals surface area contributed by atoms with Crippen LogP contribution < -0.4 is 5.32 Å². The van der Waals surface area contributed by atoms with Gasteiger partial charge in [-0.3, -0.25) is 4.79 Å². The van der Waals surface area contributed by atoms with Crippen molar-refractivity contribution < 1.29 is 4.79 Å². The molecule has 0 saturated heterocycles. The van der Waals surface area contributed by atoms with Crippen molar-refractivity contribution in [1.82, 2.24) is 5.32 Å². The molecule has 0 aliphatic rings. The highest BCUT2D eigenvalue weighted by Gasteiger charge is 2.08. The molecule has 0 saturated carbocycles. The molecule has 0 aromatic heterocycles. The van der Waals surface area contributed by atoms with Gasteiger partial charge in [-0.2, -0.15) is 0 Å². The van der Waals surface area contributed by atoms with Gasteiger partial charge < -0.3 is 5.32 Å². The summed E-state index contributed by atoms with van der Waals surface area (Å²) in [6, 6.07) is 0. The first-order valence-corrected chi connectivity index (χ1v) is 6.72. The van der Waals surface area contributed by atoms with Crippen molar-refractivity contribution in [2.24, 2.45) is 5.41 Å². The molecule has 96 valence electrons. The van der Waals surface area contributed by atoms with E-state index in [4.69, 9.17) is 0 Å². The topological polar surface area (TPSA) is 29.1 Å². The third-order valence-corrected chi connectivity index (χ3v) is 2.70. The van der Waals surface area contributed by atoms with Crippen LogP contribution in [0.3, 0.4) is 0 Å². The summed E-state index contributed by atoms with van der Waals surface area (Å²) in [7, 11) is 0. The lowest BCUT2D eigenvalue weighted by atomic mass is 9.89. The summed E-state index contributed by atoms with van der Waals surface area (Å²) in [5.41, 5.74) is 0.473. The van der Waals surface area contributed by atoms with Gasteiger partial charge in [0.1, 0.15) is 0 Å². The lowest BCUT2D eigenvalue weighted by molar-refractivity contribution is -0.121. The van der Waals surface area contributed by atoms with Crippen LogP contribution in [0.15, 0.2) is 0 Å². The van der Waals surface area contributed by atoms with Crippen LogP contribution in [-0.2, 0) is 4.79 Å². The molecule has 0 fully saturated rings. The highest BCUT2D eigenvalue weighted by molar-refractivity contribution is 5.75. The molecule has 0 aliphatic heterocycles. The maximum absolute atomic E-state index is 11.2. The van der Waals surface area contributed by atoms with Crippen LogP contribution in [0.5, 0.6) is 0 Å². The molecule has 0 aliphatic carbocycles. The van der Waals surface area contributed by atoms with Crippen LogP contribution in [0.1, 0.15) is 72.6 Å². The van der Waals surface area contributed by atoms with Crippen molar-refractivity contribution in [3.63, 3.8) is 0 Å². The number of unbranched alkanes of at least 4 members (excludes halogenated alkanes) is 4. The molecule has 0 heterocycles. The van der Waals surface area contributed by atoms with Crippen LogP contribution in [0, 0.1) is 5.41 Å². The van der Waals surface area contributed by atoms with Gasteiger partial charge in [0.25, 0.3) is 0 Å². The van der Waals surface area contributed by atoms with Crippen molar-refractivity contribution >= 4 is 5.91 Å². The Morgan fingerprint density at radius 1 is 1.00 bits per heavy atom. The normalized spacial score (nSPS) is 11.5. The van der Waals surface area contributed by atoms with Gasteiger partial charge in [-0.05, 0) is 25.2 Å². The summed E-state index contributed by atoms with van der Waals surface area (Å²) < 4.78 is 0. The van der Waals surface area contributed by atoms with E-state index in [2.05, 4.69) is 26.1 Å². The van der Waals surface area contributed by atoms with Crippen molar-refractivity contribution in [3.8, 4) is 0 Å². The molecule has 0 spiro atoms. The lowest BCUT2D eigenvalue weighted by Crippen LogP contribution is -2.21. The largest absolute Gasteiger partial charge is 0.356 e. The van der Waals surface area contributed by atoms with Gasteiger partial charge in [0.15, 0.2) is 0 Å². The molecule has 0 rings (SSSR count). The van der Waals surface area contributed by atoms with Gasteiger partial charge >= 0.3 is 0 Å². The average molecular weight is 227 g/mol. The molecule has 0 aromatic carbocycles. The average Bonchev–Trinajstić information content (AvgIpc) is 2.15. The van der Waals surface area contributed by atoms with E-state index in [1.165, 1.54) is 32.1 Å². The molecule has 16 heavy (non-hydrogen) atoms. The second kappa shape index (κ2) is 8.60. The maximum Gasteiger partial charge on any atom is 0.219 e. The van der Waals surface area contributed by atoms with E-state index in [1.54, 1.807) is 0 Å². The van der Waals surface area contributed by atoms with Crippen molar-refractivity contribution in [3.05, 3.63) is 0 Å². The van der Waals surface area contributed by atoms with Crippen molar-refractivity contribution in [2.75, 3.05) is 6.54 Å². The Labute approximate surface area is 101 Å². The van der Waals surface area contributed by atoms with Gasteiger partial charge in [0.05, 0.1) is 0 Å². The minimum absolute atomic E-state index is 0.206. The van der Waals surface area contributed by atoms with Crippen LogP contribution in [0.4, 0.5) is 0 Å². The monoisotopic (exact) mass is 227 g/mol. The zero-order chi connectivity index (χ0) is 12.4. The zero-order valence-electron chi connectivity index (χ0n) is 11.6. The quantitative estimate of drug-likeness (QED) is 0.626. The third kappa shape index (κ3) is 11.5. The van der Waals surface area contributed by atoms with E-state index in [0.717, 1.165) is 13.0 Å². The Kier molecular flexibility index (Phi) is 8.32. The summed E-state index contributed by atoms with van der Waals surface area (Å²) in [5, 5.41) is 2.83. The standard InChI is InChI=1S/C14H29NO/c1-5-15-13(16)11-9-7-6-8-10-12-14(2,3)4/h5-12H2,1-4H3,(H,15,16). The first-order chi connectivity index (χ1) is 7.45. The maximum atomic E-state index is 11.2. The number of hydrogen-bond acceptors (Lipinski definition) is 1. The number of rotatable bonds is 8. The Balaban J connectivity index is 3.19. The summed E-state index contributed by atoms with van der Waals surface area (Å²) in [4.78, 5) is 11.2. The minimum Gasteiger partial charge on any atom is -0.356 e. The molecule has 1 N–H and O–H groups in total. The Bertz CT molecular complexity index is 182. The summed E-state index contributed by atoms with van der Waals surface area (Å²) in [5.74, 6) is 0.206. The molecule has 0 atom stereocenters. The van der Waals surface area contributed by atoms with Gasteiger partial charge in [0, 0.05) is 13.0 Å². The fourth-order valence-electron chi connectivity index (χ4n) is 1.76. The second-order valence-electron chi connectivity index (χ2n) is 5.78. The number of nitrogens with one attached hydrogen (secondary N) is 1. The van der Waals surface area contributed by atoms with Gasteiger partial charge in [-0.25, -0.2) is 0 Å². The van der Waals surface area contributed by atoms with Gasteiger partial charge in [-0.1, -0.05) is 46.5 Å². The third-order valence-electron chi connectivity index (χ3n) is 2.70. The summed E-state index contributed by atoms with van der Waals surface area (Å²) >= 11 is 0. The van der Waals surface area contributed by atoms with Crippen molar-refractivity contribution in [2.45, 2.75) is 72.6 Å². The molecule has 0 radical (unpaired) electrons. The van der Waals surface area contributed by atoms with E-state index in [1.807, 2.05) is 6.92 Å². The first-order valence-electron chi connectivity index (χ1n) is 6.72. The summed E-state index contributed by atoms with van der Waals surface area (Å²) in [6.45, 7) is 9.60.